The number of ether oxygens (including phenoxy) is 1. The first kappa shape index (κ1) is 10.9. The number of aliphatic hydroxyl groups is 1. The van der Waals surface area contributed by atoms with Gasteiger partial charge in [0.25, 0.3) is 0 Å². The standard InChI is InChI=1S/C10H16N4O2/c1-16-10-8(11)9(13-5-14-10)12-4-6-2-7(15)3-6/h5-7,15H,2-4,11H2,1H3,(H,12,13,14). The van der Waals surface area contributed by atoms with E-state index in [1.54, 1.807) is 0 Å². The van der Waals surface area contributed by atoms with Gasteiger partial charge in [-0.3, -0.25) is 0 Å². The zero-order valence-electron chi connectivity index (χ0n) is 9.18. The molecule has 1 aromatic rings. The summed E-state index contributed by atoms with van der Waals surface area (Å²) in [5.41, 5.74) is 6.23. The molecule has 0 aliphatic heterocycles. The molecule has 2 rings (SSSR count). The molecule has 0 aromatic carbocycles. The third-order valence-corrected chi connectivity index (χ3v) is 2.81. The van der Waals surface area contributed by atoms with Crippen LogP contribution < -0.4 is 15.8 Å². The number of hydrogen-bond acceptors (Lipinski definition) is 6. The molecule has 6 nitrogen and oxygen atoms in total. The smallest absolute Gasteiger partial charge is 0.242 e. The third kappa shape index (κ3) is 2.16. The van der Waals surface area contributed by atoms with E-state index in [-0.39, 0.29) is 6.10 Å². The predicted molar refractivity (Wildman–Crippen MR) is 60.2 cm³/mol. The molecule has 0 bridgehead atoms. The van der Waals surface area contributed by atoms with Gasteiger partial charge in [0.1, 0.15) is 12.0 Å². The van der Waals surface area contributed by atoms with Gasteiger partial charge < -0.3 is 20.9 Å². The minimum absolute atomic E-state index is 0.135. The summed E-state index contributed by atoms with van der Waals surface area (Å²) in [7, 11) is 1.52. The topological polar surface area (TPSA) is 93.3 Å². The molecule has 0 spiro atoms. The van der Waals surface area contributed by atoms with Crippen LogP contribution in [0.3, 0.4) is 0 Å². The van der Waals surface area contributed by atoms with Crippen LogP contribution in [-0.2, 0) is 0 Å². The van der Waals surface area contributed by atoms with Crippen molar-refractivity contribution < 1.29 is 9.84 Å². The highest BCUT2D eigenvalue weighted by Crippen LogP contribution is 2.29. The number of methoxy groups -OCH3 is 1. The molecule has 1 fully saturated rings. The largest absolute Gasteiger partial charge is 0.479 e. The first-order valence-corrected chi connectivity index (χ1v) is 5.27. The lowest BCUT2D eigenvalue weighted by atomic mass is 9.82. The lowest BCUT2D eigenvalue weighted by Crippen LogP contribution is -2.33. The lowest BCUT2D eigenvalue weighted by molar-refractivity contribution is 0.0486. The van der Waals surface area contributed by atoms with Crippen LogP contribution >= 0.6 is 0 Å². The fourth-order valence-electron chi connectivity index (χ4n) is 1.79. The summed E-state index contributed by atoms with van der Waals surface area (Å²) in [4.78, 5) is 7.94. The maximum Gasteiger partial charge on any atom is 0.242 e. The van der Waals surface area contributed by atoms with E-state index in [1.165, 1.54) is 13.4 Å². The van der Waals surface area contributed by atoms with Gasteiger partial charge in [-0.15, -0.1) is 0 Å². The summed E-state index contributed by atoms with van der Waals surface area (Å²) in [5, 5.41) is 12.3. The van der Waals surface area contributed by atoms with E-state index in [9.17, 15) is 0 Å². The Labute approximate surface area is 93.9 Å². The number of aromatic nitrogens is 2. The van der Waals surface area contributed by atoms with E-state index in [2.05, 4.69) is 15.3 Å². The molecule has 1 heterocycles. The monoisotopic (exact) mass is 224 g/mol. The second kappa shape index (κ2) is 4.52. The van der Waals surface area contributed by atoms with E-state index in [4.69, 9.17) is 15.6 Å². The Balaban J connectivity index is 1.93. The van der Waals surface area contributed by atoms with Crippen molar-refractivity contribution in [1.29, 1.82) is 0 Å². The molecule has 16 heavy (non-hydrogen) atoms. The minimum Gasteiger partial charge on any atom is -0.479 e. The van der Waals surface area contributed by atoms with Crippen molar-refractivity contribution in [3.05, 3.63) is 6.33 Å². The Morgan fingerprint density at radius 3 is 2.94 bits per heavy atom. The molecule has 1 aromatic heterocycles. The van der Waals surface area contributed by atoms with Crippen molar-refractivity contribution in [3.63, 3.8) is 0 Å². The van der Waals surface area contributed by atoms with Gasteiger partial charge in [0.15, 0.2) is 5.82 Å². The quantitative estimate of drug-likeness (QED) is 0.679. The molecule has 6 heteroatoms. The number of nitrogen functional groups attached to an aromatic ring is 1. The number of nitrogens with zero attached hydrogens (tertiary/aromatic N) is 2. The molecule has 0 radical (unpaired) electrons. The van der Waals surface area contributed by atoms with Crippen LogP contribution in [0, 0.1) is 5.92 Å². The van der Waals surface area contributed by atoms with Crippen LogP contribution in [0.5, 0.6) is 5.88 Å². The summed E-state index contributed by atoms with van der Waals surface area (Å²) in [6, 6.07) is 0. The van der Waals surface area contributed by atoms with Gasteiger partial charge in [0, 0.05) is 6.54 Å². The first-order chi connectivity index (χ1) is 7.70. The van der Waals surface area contributed by atoms with Gasteiger partial charge in [-0.1, -0.05) is 0 Å². The first-order valence-electron chi connectivity index (χ1n) is 5.27. The van der Waals surface area contributed by atoms with Crippen LogP contribution in [0.15, 0.2) is 6.33 Å². The fourth-order valence-corrected chi connectivity index (χ4v) is 1.79. The summed E-state index contributed by atoms with van der Waals surface area (Å²) in [6.07, 6.45) is 2.96. The number of nitrogens with one attached hydrogen (secondary N) is 1. The van der Waals surface area contributed by atoms with E-state index in [0.717, 1.165) is 19.4 Å². The molecule has 1 aliphatic carbocycles. The highest BCUT2D eigenvalue weighted by molar-refractivity contribution is 5.66. The molecule has 0 saturated heterocycles. The molecule has 1 aliphatic rings. The molecule has 1 saturated carbocycles. The average Bonchev–Trinajstić information content (AvgIpc) is 2.24. The van der Waals surface area contributed by atoms with Crippen molar-refractivity contribution in [2.24, 2.45) is 5.92 Å². The second-order valence-electron chi connectivity index (χ2n) is 4.02. The molecule has 88 valence electrons. The number of nitrogens with two attached hydrogens (primary N) is 1. The molecule has 0 unspecified atom stereocenters. The van der Waals surface area contributed by atoms with Crippen molar-refractivity contribution >= 4 is 11.5 Å². The van der Waals surface area contributed by atoms with Crippen molar-refractivity contribution in [1.82, 2.24) is 9.97 Å². The zero-order chi connectivity index (χ0) is 11.5. The van der Waals surface area contributed by atoms with Crippen LogP contribution in [-0.4, -0.2) is 34.8 Å². The zero-order valence-corrected chi connectivity index (χ0v) is 9.18. The van der Waals surface area contributed by atoms with Crippen molar-refractivity contribution in [2.75, 3.05) is 24.7 Å². The normalized spacial score (nSPS) is 23.6. The van der Waals surface area contributed by atoms with Crippen molar-refractivity contribution in [2.45, 2.75) is 18.9 Å². The molecular weight excluding hydrogens is 208 g/mol. The van der Waals surface area contributed by atoms with Gasteiger partial charge in [0.2, 0.25) is 5.88 Å². The van der Waals surface area contributed by atoms with Crippen molar-refractivity contribution in [3.8, 4) is 5.88 Å². The van der Waals surface area contributed by atoms with Gasteiger partial charge >= 0.3 is 0 Å². The summed E-state index contributed by atoms with van der Waals surface area (Å²) >= 11 is 0. The SMILES string of the molecule is COc1ncnc(NCC2CC(O)C2)c1N. The Bertz CT molecular complexity index is 366. The third-order valence-electron chi connectivity index (χ3n) is 2.81. The van der Waals surface area contributed by atoms with Gasteiger partial charge in [-0.25, -0.2) is 4.98 Å². The van der Waals surface area contributed by atoms with Gasteiger partial charge in [-0.05, 0) is 18.8 Å². The number of hydrogen-bond donors (Lipinski definition) is 3. The fraction of sp³-hybridized carbons (Fsp3) is 0.600. The predicted octanol–water partition coefficient (Wildman–Crippen LogP) is 0.250. The highest BCUT2D eigenvalue weighted by atomic mass is 16.5. The number of anilines is 2. The number of aliphatic hydroxyl groups excluding tert-OH is 1. The summed E-state index contributed by atoms with van der Waals surface area (Å²) in [5.74, 6) is 1.47. The Morgan fingerprint density at radius 1 is 1.56 bits per heavy atom. The number of rotatable bonds is 4. The Kier molecular flexibility index (Phi) is 3.09. The Morgan fingerprint density at radius 2 is 2.31 bits per heavy atom. The van der Waals surface area contributed by atoms with E-state index in [1.807, 2.05) is 0 Å². The minimum atomic E-state index is -0.135. The van der Waals surface area contributed by atoms with E-state index in [0.29, 0.717) is 23.3 Å². The van der Waals surface area contributed by atoms with Crippen LogP contribution in [0.2, 0.25) is 0 Å². The van der Waals surface area contributed by atoms with E-state index >= 15 is 0 Å². The maximum absolute atomic E-state index is 9.15. The molecular formula is C10H16N4O2. The van der Waals surface area contributed by atoms with Crippen LogP contribution in [0.25, 0.3) is 0 Å². The van der Waals surface area contributed by atoms with Crippen LogP contribution in [0.4, 0.5) is 11.5 Å². The summed E-state index contributed by atoms with van der Waals surface area (Å²) < 4.78 is 4.99. The molecule has 0 atom stereocenters. The second-order valence-corrected chi connectivity index (χ2v) is 4.02. The lowest BCUT2D eigenvalue weighted by Gasteiger charge is -2.31. The average molecular weight is 224 g/mol. The van der Waals surface area contributed by atoms with Gasteiger partial charge in [-0.2, -0.15) is 4.98 Å². The highest BCUT2D eigenvalue weighted by Gasteiger charge is 2.26. The van der Waals surface area contributed by atoms with Gasteiger partial charge in [0.05, 0.1) is 13.2 Å². The maximum atomic E-state index is 9.15. The van der Waals surface area contributed by atoms with Crippen LogP contribution in [0.1, 0.15) is 12.8 Å². The van der Waals surface area contributed by atoms with E-state index < -0.39 is 0 Å². The molecule has 0 amide bonds. The summed E-state index contributed by atoms with van der Waals surface area (Å²) in [6.45, 7) is 0.765. The Hall–Kier alpha value is -1.56. The molecule has 4 N–H and O–H groups in total.